The molecule has 1 amide bonds. The van der Waals surface area contributed by atoms with Crippen molar-refractivity contribution in [1.82, 2.24) is 5.32 Å². The Balaban J connectivity index is 1.65. The van der Waals surface area contributed by atoms with Crippen LogP contribution < -0.4 is 5.32 Å². The monoisotopic (exact) mass is 329 g/mol. The molecule has 0 aromatic carbocycles. The van der Waals surface area contributed by atoms with Crippen molar-refractivity contribution in [2.75, 3.05) is 7.05 Å². The molecule has 6 unspecified atom stereocenters. The maximum Gasteiger partial charge on any atom is 0.223 e. The van der Waals surface area contributed by atoms with Crippen molar-refractivity contribution in [3.63, 3.8) is 0 Å². The standard InChI is InChI=1S/C21H31NO2/c1-20-10-8-14(23)12-13(20)4-5-15-16-6-7-18(19(24)22-3)21(16,2)11-9-17(15)20/h4,15-18H,5-12H2,1-3H3,(H,22,24). The molecule has 3 nitrogen and oxygen atoms in total. The van der Waals surface area contributed by atoms with Crippen LogP contribution >= 0.6 is 0 Å². The first-order valence-electron chi connectivity index (χ1n) is 9.83. The lowest BCUT2D eigenvalue weighted by molar-refractivity contribution is -0.132. The summed E-state index contributed by atoms with van der Waals surface area (Å²) in [5, 5.41) is 2.91. The van der Waals surface area contributed by atoms with Crippen LogP contribution in [-0.2, 0) is 9.59 Å². The van der Waals surface area contributed by atoms with Gasteiger partial charge in [-0.1, -0.05) is 25.5 Å². The fourth-order valence-corrected chi connectivity index (χ4v) is 7.08. The molecule has 0 radical (unpaired) electrons. The molecule has 1 N–H and O–H groups in total. The van der Waals surface area contributed by atoms with Crippen LogP contribution in [0.1, 0.15) is 65.2 Å². The second kappa shape index (κ2) is 5.44. The Morgan fingerprint density at radius 3 is 2.71 bits per heavy atom. The average Bonchev–Trinajstić information content (AvgIpc) is 2.92. The van der Waals surface area contributed by atoms with Crippen LogP contribution in [0.5, 0.6) is 0 Å². The van der Waals surface area contributed by atoms with Crippen molar-refractivity contribution in [3.8, 4) is 0 Å². The number of hydrogen-bond acceptors (Lipinski definition) is 2. The second-order valence-electron chi connectivity index (χ2n) is 9.26. The second-order valence-corrected chi connectivity index (χ2v) is 9.26. The minimum absolute atomic E-state index is 0.174. The maximum absolute atomic E-state index is 12.4. The lowest BCUT2D eigenvalue weighted by Gasteiger charge is -2.57. The molecule has 3 fully saturated rings. The summed E-state index contributed by atoms with van der Waals surface area (Å²) in [4.78, 5) is 24.3. The van der Waals surface area contributed by atoms with Gasteiger partial charge < -0.3 is 5.32 Å². The van der Waals surface area contributed by atoms with E-state index in [0.29, 0.717) is 30.0 Å². The van der Waals surface area contributed by atoms with E-state index >= 15 is 0 Å². The van der Waals surface area contributed by atoms with E-state index in [2.05, 4.69) is 25.2 Å². The number of rotatable bonds is 1. The third kappa shape index (κ3) is 2.09. The predicted octanol–water partition coefficient (Wildman–Crippen LogP) is 3.88. The fourth-order valence-electron chi connectivity index (χ4n) is 7.08. The van der Waals surface area contributed by atoms with Crippen LogP contribution in [0.15, 0.2) is 11.6 Å². The number of amides is 1. The minimum atomic E-state index is 0.174. The lowest BCUT2D eigenvalue weighted by atomic mass is 9.47. The van der Waals surface area contributed by atoms with Crippen LogP contribution in [0.4, 0.5) is 0 Å². The van der Waals surface area contributed by atoms with E-state index in [1.54, 1.807) is 7.05 Å². The molecule has 0 aliphatic heterocycles. The highest BCUT2D eigenvalue weighted by Crippen LogP contribution is 2.65. The Morgan fingerprint density at radius 1 is 1.17 bits per heavy atom. The van der Waals surface area contributed by atoms with Crippen LogP contribution in [0, 0.1) is 34.5 Å². The van der Waals surface area contributed by atoms with Gasteiger partial charge in [0, 0.05) is 25.8 Å². The third-order valence-electron chi connectivity index (χ3n) is 8.50. The van der Waals surface area contributed by atoms with Gasteiger partial charge in [0.15, 0.2) is 0 Å². The summed E-state index contributed by atoms with van der Waals surface area (Å²) in [5.41, 5.74) is 1.85. The minimum Gasteiger partial charge on any atom is -0.359 e. The number of Topliss-reactive ketones (excluding diaryl/α,β-unsaturated/α-hetero) is 1. The molecule has 0 aromatic heterocycles. The molecule has 3 saturated carbocycles. The van der Waals surface area contributed by atoms with Crippen molar-refractivity contribution in [3.05, 3.63) is 11.6 Å². The summed E-state index contributed by atoms with van der Waals surface area (Å²) < 4.78 is 0. The first-order valence-corrected chi connectivity index (χ1v) is 9.83. The Hall–Kier alpha value is -1.12. The van der Waals surface area contributed by atoms with E-state index in [4.69, 9.17) is 0 Å². The molecule has 0 spiro atoms. The van der Waals surface area contributed by atoms with Gasteiger partial charge in [-0.05, 0) is 67.1 Å². The molecule has 4 rings (SSSR count). The highest BCUT2D eigenvalue weighted by molar-refractivity contribution is 5.82. The quantitative estimate of drug-likeness (QED) is 0.742. The zero-order valence-electron chi connectivity index (χ0n) is 15.4. The zero-order valence-corrected chi connectivity index (χ0v) is 15.4. The number of carbonyl (C=O) groups is 2. The first-order chi connectivity index (χ1) is 11.4. The summed E-state index contributed by atoms with van der Waals surface area (Å²) in [5.74, 6) is 2.97. The Labute approximate surface area is 145 Å². The normalized spacial score (nSPS) is 47.3. The number of allylic oxidation sites excluding steroid dienone is 2. The van der Waals surface area contributed by atoms with E-state index in [1.807, 2.05) is 0 Å². The molecule has 3 heteroatoms. The summed E-state index contributed by atoms with van der Waals surface area (Å²) in [6.45, 7) is 4.81. The van der Waals surface area contributed by atoms with E-state index in [9.17, 15) is 9.59 Å². The SMILES string of the molecule is CNC(=O)C1CCC2C3CC=C4CC(=O)CCC4(C)C3CCC12C. The number of nitrogens with one attached hydrogen (secondary N) is 1. The van der Waals surface area contributed by atoms with Gasteiger partial charge in [-0.2, -0.15) is 0 Å². The van der Waals surface area contributed by atoms with Crippen molar-refractivity contribution in [2.24, 2.45) is 34.5 Å². The molecule has 0 saturated heterocycles. The van der Waals surface area contributed by atoms with Crippen molar-refractivity contribution < 1.29 is 9.59 Å². The highest BCUT2D eigenvalue weighted by atomic mass is 16.1. The summed E-state index contributed by atoms with van der Waals surface area (Å²) >= 11 is 0. The number of carbonyl (C=O) groups excluding carboxylic acids is 2. The topological polar surface area (TPSA) is 46.2 Å². The number of fused-ring (bicyclic) bond motifs is 5. The molecular weight excluding hydrogens is 298 g/mol. The average molecular weight is 329 g/mol. The number of ketones is 1. The maximum atomic E-state index is 12.4. The van der Waals surface area contributed by atoms with E-state index in [0.717, 1.165) is 25.7 Å². The van der Waals surface area contributed by atoms with Crippen molar-refractivity contribution in [2.45, 2.75) is 65.2 Å². The molecule has 4 aliphatic rings. The van der Waals surface area contributed by atoms with E-state index in [-0.39, 0.29) is 22.7 Å². The third-order valence-corrected chi connectivity index (χ3v) is 8.50. The summed E-state index contributed by atoms with van der Waals surface area (Å²) in [7, 11) is 1.78. The van der Waals surface area contributed by atoms with Gasteiger partial charge in [0.1, 0.15) is 5.78 Å². The molecule has 4 aliphatic carbocycles. The Bertz CT molecular complexity index is 609. The summed E-state index contributed by atoms with van der Waals surface area (Å²) in [6, 6.07) is 0. The van der Waals surface area contributed by atoms with Gasteiger partial charge in [-0.15, -0.1) is 0 Å². The van der Waals surface area contributed by atoms with Gasteiger partial charge in [-0.3, -0.25) is 9.59 Å². The van der Waals surface area contributed by atoms with Gasteiger partial charge in [0.05, 0.1) is 0 Å². The highest BCUT2D eigenvalue weighted by Gasteiger charge is 2.59. The van der Waals surface area contributed by atoms with Crippen LogP contribution in [0.2, 0.25) is 0 Å². The van der Waals surface area contributed by atoms with Gasteiger partial charge in [0.25, 0.3) is 0 Å². The smallest absolute Gasteiger partial charge is 0.223 e. The largest absolute Gasteiger partial charge is 0.359 e. The lowest BCUT2D eigenvalue weighted by Crippen LogP contribution is -2.51. The van der Waals surface area contributed by atoms with Crippen LogP contribution in [-0.4, -0.2) is 18.7 Å². The van der Waals surface area contributed by atoms with Crippen LogP contribution in [0.3, 0.4) is 0 Å². The first kappa shape index (κ1) is 16.4. The molecule has 132 valence electrons. The Morgan fingerprint density at radius 2 is 1.96 bits per heavy atom. The molecule has 0 aromatic rings. The molecule has 0 heterocycles. The fraction of sp³-hybridized carbons (Fsp3) is 0.810. The van der Waals surface area contributed by atoms with Crippen molar-refractivity contribution >= 4 is 11.7 Å². The van der Waals surface area contributed by atoms with Gasteiger partial charge >= 0.3 is 0 Å². The van der Waals surface area contributed by atoms with E-state index in [1.165, 1.54) is 24.8 Å². The molecule has 24 heavy (non-hydrogen) atoms. The molecular formula is C21H31NO2. The van der Waals surface area contributed by atoms with Crippen molar-refractivity contribution in [1.29, 1.82) is 0 Å². The molecule has 6 atom stereocenters. The van der Waals surface area contributed by atoms with Crippen LogP contribution in [0.25, 0.3) is 0 Å². The number of hydrogen-bond donors (Lipinski definition) is 1. The Kier molecular flexibility index (Phi) is 3.71. The van der Waals surface area contributed by atoms with Gasteiger partial charge in [-0.25, -0.2) is 0 Å². The van der Waals surface area contributed by atoms with E-state index < -0.39 is 0 Å². The zero-order chi connectivity index (χ0) is 17.1. The van der Waals surface area contributed by atoms with Gasteiger partial charge in [0.2, 0.25) is 5.91 Å². The predicted molar refractivity (Wildman–Crippen MR) is 94.3 cm³/mol. The molecule has 0 bridgehead atoms. The summed E-state index contributed by atoms with van der Waals surface area (Å²) in [6.07, 6.45) is 10.7.